The molecule has 1 aromatic rings. The Morgan fingerprint density at radius 3 is 2.10 bits per heavy atom. The molecule has 0 N–H and O–H groups in total. The molecule has 2 nitrogen and oxygen atoms in total. The summed E-state index contributed by atoms with van der Waals surface area (Å²) in [6.07, 6.45) is 21.4. The van der Waals surface area contributed by atoms with E-state index in [1.165, 1.54) is 70.6 Å². The number of aromatic nitrogens is 2. The van der Waals surface area contributed by atoms with Crippen molar-refractivity contribution in [2.45, 2.75) is 91.0 Å². The first-order valence-corrected chi connectivity index (χ1v) is 8.82. The van der Waals surface area contributed by atoms with Gasteiger partial charge in [0.2, 0.25) is 0 Å². The number of unbranched alkanes of at least 4 members (excludes halogenated alkanes) is 8. The van der Waals surface area contributed by atoms with Gasteiger partial charge in [0.25, 0.3) is 0 Å². The van der Waals surface area contributed by atoms with Crippen LogP contribution in [0.15, 0.2) is 18.7 Å². The zero-order chi connectivity index (χ0) is 14.5. The van der Waals surface area contributed by atoms with E-state index < -0.39 is 0 Å². The van der Waals surface area contributed by atoms with Crippen LogP contribution in [0.5, 0.6) is 0 Å². The summed E-state index contributed by atoms with van der Waals surface area (Å²) < 4.78 is 2.22. The van der Waals surface area contributed by atoms with Crippen LogP contribution in [0.2, 0.25) is 0 Å². The van der Waals surface area contributed by atoms with E-state index in [2.05, 4.69) is 29.6 Å². The Bertz CT molecular complexity index is 292. The largest absolute Gasteiger partial charge is 0.337 e. The van der Waals surface area contributed by atoms with E-state index in [4.69, 9.17) is 0 Å². The first-order chi connectivity index (χ1) is 9.86. The highest BCUT2D eigenvalue weighted by atomic mass is 15.0. The van der Waals surface area contributed by atoms with Crippen molar-refractivity contribution in [3.8, 4) is 0 Å². The summed E-state index contributed by atoms with van der Waals surface area (Å²) in [5.41, 5.74) is 0. The summed E-state index contributed by atoms with van der Waals surface area (Å²) in [6, 6.07) is 0. The van der Waals surface area contributed by atoms with Crippen LogP contribution in [0.1, 0.15) is 84.5 Å². The van der Waals surface area contributed by atoms with Crippen LogP contribution >= 0.6 is 0 Å². The molecule has 1 heterocycles. The molecule has 0 saturated carbocycles. The van der Waals surface area contributed by atoms with Crippen LogP contribution in [0.4, 0.5) is 0 Å². The van der Waals surface area contributed by atoms with Gasteiger partial charge in [-0.05, 0) is 12.3 Å². The molecule has 0 aliphatic carbocycles. The zero-order valence-electron chi connectivity index (χ0n) is 13.7. The Hall–Kier alpha value is -0.790. The van der Waals surface area contributed by atoms with Gasteiger partial charge in [0.05, 0.1) is 6.33 Å². The van der Waals surface area contributed by atoms with Crippen molar-refractivity contribution in [3.05, 3.63) is 18.7 Å². The molecule has 0 aliphatic heterocycles. The normalized spacial score (nSPS) is 12.7. The fourth-order valence-electron chi connectivity index (χ4n) is 2.86. The predicted octanol–water partition coefficient (Wildman–Crippen LogP) is 5.83. The zero-order valence-corrected chi connectivity index (χ0v) is 13.7. The molecule has 1 unspecified atom stereocenters. The molecule has 0 fully saturated rings. The van der Waals surface area contributed by atoms with Crippen molar-refractivity contribution in [2.24, 2.45) is 5.92 Å². The molecule has 0 aliphatic rings. The lowest BCUT2D eigenvalue weighted by Gasteiger charge is -2.15. The number of imidazole rings is 1. The van der Waals surface area contributed by atoms with E-state index in [1.54, 1.807) is 0 Å². The third kappa shape index (κ3) is 8.39. The number of hydrogen-bond acceptors (Lipinski definition) is 1. The second-order valence-electron chi connectivity index (χ2n) is 6.15. The highest BCUT2D eigenvalue weighted by Gasteiger charge is 2.06. The third-order valence-electron chi connectivity index (χ3n) is 4.32. The molecule has 20 heavy (non-hydrogen) atoms. The van der Waals surface area contributed by atoms with E-state index in [1.807, 2.05) is 12.5 Å². The first kappa shape index (κ1) is 17.3. The van der Waals surface area contributed by atoms with Gasteiger partial charge < -0.3 is 4.57 Å². The average molecular weight is 278 g/mol. The summed E-state index contributed by atoms with van der Waals surface area (Å²) in [4.78, 5) is 4.12. The molecule has 0 bridgehead atoms. The van der Waals surface area contributed by atoms with Crippen molar-refractivity contribution in [2.75, 3.05) is 0 Å². The molecule has 116 valence electrons. The Labute approximate surface area is 126 Å². The molecule has 0 radical (unpaired) electrons. The van der Waals surface area contributed by atoms with Gasteiger partial charge in [-0.1, -0.05) is 78.1 Å². The minimum Gasteiger partial charge on any atom is -0.337 e. The molecule has 1 rings (SSSR count). The molecule has 0 saturated heterocycles. The van der Waals surface area contributed by atoms with Gasteiger partial charge >= 0.3 is 0 Å². The molecule has 2 heteroatoms. The van der Waals surface area contributed by atoms with Gasteiger partial charge in [-0.3, -0.25) is 0 Å². The minimum absolute atomic E-state index is 0.828. The highest BCUT2D eigenvalue weighted by molar-refractivity contribution is 4.75. The fraction of sp³-hybridized carbons (Fsp3) is 0.833. The summed E-state index contributed by atoms with van der Waals surface area (Å²) in [7, 11) is 0. The molecule has 1 atom stereocenters. The van der Waals surface area contributed by atoms with Crippen LogP contribution < -0.4 is 0 Å². The quantitative estimate of drug-likeness (QED) is 0.415. The van der Waals surface area contributed by atoms with Crippen LogP contribution in [-0.4, -0.2) is 9.55 Å². The molecule has 1 aromatic heterocycles. The Morgan fingerprint density at radius 1 is 0.900 bits per heavy atom. The minimum atomic E-state index is 0.828. The van der Waals surface area contributed by atoms with Crippen molar-refractivity contribution in [1.82, 2.24) is 9.55 Å². The van der Waals surface area contributed by atoms with Crippen molar-refractivity contribution >= 4 is 0 Å². The lowest BCUT2D eigenvalue weighted by molar-refractivity contribution is 0.383. The number of nitrogens with zero attached hydrogens (tertiary/aromatic N) is 2. The Morgan fingerprint density at radius 2 is 1.55 bits per heavy atom. The maximum absolute atomic E-state index is 4.12. The topological polar surface area (TPSA) is 17.8 Å². The van der Waals surface area contributed by atoms with Gasteiger partial charge in [-0.2, -0.15) is 0 Å². The number of rotatable bonds is 13. The SMILES string of the molecule is CCCCCCCCCCCC(CC)Cn1ccnc1. The standard InChI is InChI=1S/C18H34N2/c1-3-5-6-7-8-9-10-11-12-13-18(4-2)16-20-15-14-19-17-20/h14-15,17-18H,3-13,16H2,1-2H3. The van der Waals surface area contributed by atoms with E-state index in [0.29, 0.717) is 0 Å². The van der Waals surface area contributed by atoms with Crippen LogP contribution in [0, 0.1) is 5.92 Å². The van der Waals surface area contributed by atoms with Crippen molar-refractivity contribution < 1.29 is 0 Å². The van der Waals surface area contributed by atoms with Crippen LogP contribution in [0.3, 0.4) is 0 Å². The van der Waals surface area contributed by atoms with E-state index in [0.717, 1.165) is 12.5 Å². The van der Waals surface area contributed by atoms with Crippen molar-refractivity contribution in [1.29, 1.82) is 0 Å². The summed E-state index contributed by atoms with van der Waals surface area (Å²) in [6.45, 7) is 5.75. The van der Waals surface area contributed by atoms with Gasteiger partial charge in [0, 0.05) is 18.9 Å². The van der Waals surface area contributed by atoms with E-state index in [9.17, 15) is 0 Å². The van der Waals surface area contributed by atoms with Gasteiger partial charge in [-0.15, -0.1) is 0 Å². The first-order valence-electron chi connectivity index (χ1n) is 8.82. The van der Waals surface area contributed by atoms with Gasteiger partial charge in [0.1, 0.15) is 0 Å². The van der Waals surface area contributed by atoms with Crippen LogP contribution in [0.25, 0.3) is 0 Å². The predicted molar refractivity (Wildman–Crippen MR) is 87.9 cm³/mol. The monoisotopic (exact) mass is 278 g/mol. The molecular formula is C18H34N2. The summed E-state index contributed by atoms with van der Waals surface area (Å²) in [5.74, 6) is 0.828. The second kappa shape index (κ2) is 12.0. The van der Waals surface area contributed by atoms with Crippen molar-refractivity contribution in [3.63, 3.8) is 0 Å². The van der Waals surface area contributed by atoms with E-state index in [-0.39, 0.29) is 0 Å². The second-order valence-corrected chi connectivity index (χ2v) is 6.15. The van der Waals surface area contributed by atoms with Gasteiger partial charge in [0.15, 0.2) is 0 Å². The average Bonchev–Trinajstić information content (AvgIpc) is 2.97. The molecule has 0 aromatic carbocycles. The maximum Gasteiger partial charge on any atom is 0.0945 e. The van der Waals surface area contributed by atoms with E-state index >= 15 is 0 Å². The van der Waals surface area contributed by atoms with Crippen LogP contribution in [-0.2, 0) is 6.54 Å². The smallest absolute Gasteiger partial charge is 0.0945 e. The summed E-state index contributed by atoms with van der Waals surface area (Å²) >= 11 is 0. The molecular weight excluding hydrogens is 244 g/mol. The number of hydrogen-bond donors (Lipinski definition) is 0. The Kier molecular flexibility index (Phi) is 10.3. The van der Waals surface area contributed by atoms with Gasteiger partial charge in [-0.25, -0.2) is 4.98 Å². The fourth-order valence-corrected chi connectivity index (χ4v) is 2.86. The molecule has 0 spiro atoms. The Balaban J connectivity index is 1.93. The lowest BCUT2D eigenvalue weighted by atomic mass is 9.97. The summed E-state index contributed by atoms with van der Waals surface area (Å²) in [5, 5.41) is 0. The maximum atomic E-state index is 4.12. The highest BCUT2D eigenvalue weighted by Crippen LogP contribution is 2.17. The third-order valence-corrected chi connectivity index (χ3v) is 4.32. The lowest BCUT2D eigenvalue weighted by Crippen LogP contribution is -2.08. The molecule has 0 amide bonds.